The van der Waals surface area contributed by atoms with Crippen molar-refractivity contribution in [2.45, 2.75) is 118 Å². The van der Waals surface area contributed by atoms with E-state index in [9.17, 15) is 0 Å². The van der Waals surface area contributed by atoms with Gasteiger partial charge in [0.25, 0.3) is 0 Å². The van der Waals surface area contributed by atoms with Gasteiger partial charge in [-0.2, -0.15) is 0 Å². The predicted octanol–water partition coefficient (Wildman–Crippen LogP) is 8.86. The second kappa shape index (κ2) is 11.1. The maximum atomic E-state index is 6.02. The molecule has 208 valence electrons. The topological polar surface area (TPSA) is 61.3 Å². The quantitative estimate of drug-likeness (QED) is 0.327. The van der Waals surface area contributed by atoms with E-state index in [-0.39, 0.29) is 0 Å². The van der Waals surface area contributed by atoms with Gasteiger partial charge in [0.15, 0.2) is 0 Å². The molecule has 0 radical (unpaired) electrons. The number of benzene rings is 1. The molecule has 1 aromatic carbocycles. The highest BCUT2D eigenvalue weighted by molar-refractivity contribution is 5.54. The van der Waals surface area contributed by atoms with Gasteiger partial charge in [-0.3, -0.25) is 0 Å². The summed E-state index contributed by atoms with van der Waals surface area (Å²) in [5.74, 6) is 6.50. The minimum Gasteiger partial charge on any atom is -0.399 e. The van der Waals surface area contributed by atoms with E-state index in [1.807, 2.05) is 12.1 Å². The highest BCUT2D eigenvalue weighted by Gasteiger charge is 2.60. The molecule has 4 aliphatic rings. The first kappa shape index (κ1) is 27.4. The van der Waals surface area contributed by atoms with Gasteiger partial charge in [-0.05, 0) is 134 Å². The van der Waals surface area contributed by atoms with Crippen LogP contribution in [0.5, 0.6) is 0 Å². The van der Waals surface area contributed by atoms with Crippen LogP contribution < -0.4 is 11.5 Å². The summed E-state index contributed by atoms with van der Waals surface area (Å²) < 4.78 is 6.02. The number of rotatable bonds is 9. The fourth-order valence-corrected chi connectivity index (χ4v) is 10.6. The van der Waals surface area contributed by atoms with Crippen LogP contribution in [-0.4, -0.2) is 6.61 Å². The van der Waals surface area contributed by atoms with Crippen molar-refractivity contribution in [3.63, 3.8) is 0 Å². The lowest BCUT2D eigenvalue weighted by atomic mass is 9.44. The zero-order valence-electron chi connectivity index (χ0n) is 24.4. The minimum absolute atomic E-state index is 0.597. The zero-order chi connectivity index (χ0) is 26.2. The molecule has 5 rings (SSSR count). The van der Waals surface area contributed by atoms with Gasteiger partial charge in [0.2, 0.25) is 0 Å². The van der Waals surface area contributed by atoms with Crippen LogP contribution in [-0.2, 0) is 11.3 Å². The van der Waals surface area contributed by atoms with E-state index in [0.29, 0.717) is 34.7 Å². The molecule has 0 saturated heterocycles. The number of anilines is 2. The molecule has 4 fully saturated rings. The summed E-state index contributed by atoms with van der Waals surface area (Å²) in [6.45, 7) is 11.8. The highest BCUT2D eigenvalue weighted by atomic mass is 16.5. The normalized spacial score (nSPS) is 38.9. The average Bonchev–Trinajstić information content (AvgIpc) is 3.20. The maximum Gasteiger partial charge on any atom is 0.0718 e. The third-order valence-corrected chi connectivity index (χ3v) is 12.4. The van der Waals surface area contributed by atoms with Crippen molar-refractivity contribution in [2.75, 3.05) is 18.1 Å². The van der Waals surface area contributed by atoms with E-state index >= 15 is 0 Å². The molecule has 0 aromatic heterocycles. The molecular formula is C34H56N2O. The summed E-state index contributed by atoms with van der Waals surface area (Å²) in [7, 11) is 0. The molecule has 4 N–H and O–H groups in total. The largest absolute Gasteiger partial charge is 0.399 e. The summed E-state index contributed by atoms with van der Waals surface area (Å²) in [6.07, 6.45) is 19.2. The Hall–Kier alpha value is -1.22. The van der Waals surface area contributed by atoms with Gasteiger partial charge in [-0.15, -0.1) is 0 Å². The Bertz CT molecular complexity index is 895. The van der Waals surface area contributed by atoms with Crippen molar-refractivity contribution >= 4 is 11.4 Å². The van der Waals surface area contributed by atoms with Crippen molar-refractivity contribution in [1.29, 1.82) is 0 Å². The number of nitrogen functional groups attached to an aromatic ring is 2. The number of hydrogen-bond acceptors (Lipinski definition) is 3. The fraction of sp³-hybridized carbons (Fsp3) is 0.824. The Morgan fingerprint density at radius 3 is 2.38 bits per heavy atom. The third kappa shape index (κ3) is 5.45. The fourth-order valence-electron chi connectivity index (χ4n) is 10.6. The van der Waals surface area contributed by atoms with Crippen LogP contribution in [0.3, 0.4) is 0 Å². The molecule has 9 atom stereocenters. The van der Waals surface area contributed by atoms with Gasteiger partial charge in [0.05, 0.1) is 6.61 Å². The van der Waals surface area contributed by atoms with Crippen molar-refractivity contribution in [1.82, 2.24) is 0 Å². The van der Waals surface area contributed by atoms with E-state index in [1.54, 1.807) is 12.5 Å². The Balaban J connectivity index is 1.09. The van der Waals surface area contributed by atoms with Gasteiger partial charge in [-0.25, -0.2) is 0 Å². The molecule has 1 aromatic rings. The molecule has 3 heteroatoms. The van der Waals surface area contributed by atoms with Crippen molar-refractivity contribution < 1.29 is 4.74 Å². The monoisotopic (exact) mass is 508 g/mol. The summed E-state index contributed by atoms with van der Waals surface area (Å²) >= 11 is 0. The molecule has 0 bridgehead atoms. The van der Waals surface area contributed by atoms with E-state index in [0.717, 1.165) is 47.7 Å². The molecule has 0 heterocycles. The van der Waals surface area contributed by atoms with E-state index < -0.39 is 0 Å². The van der Waals surface area contributed by atoms with Crippen LogP contribution in [0.2, 0.25) is 0 Å². The Kier molecular flexibility index (Phi) is 8.21. The SMILES string of the molecule is CC(CCCC(C)[C@H]1CC[C@H]2[C@@H]3CCC4CCCC[C@]4(C)[C@H]3CC[C@]12C)COCc1cc(N)cc(N)c1. The molecular weight excluding hydrogens is 452 g/mol. The standard InChI is InChI=1S/C34H56N2O/c1-23(21-37-22-25-18-27(35)20-28(36)19-25)8-7-9-24(2)30-13-14-31-29-12-11-26-10-5-6-16-33(26,3)32(29)15-17-34(30,31)4/h18-20,23-24,26,29-32H,5-17,21-22,35-36H2,1-4H3/t23?,24?,26?,29-,30+,31-,32-,33-,34+/m0/s1. The molecule has 0 amide bonds. The van der Waals surface area contributed by atoms with Gasteiger partial charge in [-0.1, -0.05) is 53.4 Å². The van der Waals surface area contributed by atoms with Crippen LogP contribution in [0, 0.1) is 52.3 Å². The average molecular weight is 509 g/mol. The van der Waals surface area contributed by atoms with Crippen LogP contribution in [0.25, 0.3) is 0 Å². The van der Waals surface area contributed by atoms with Crippen molar-refractivity contribution in [2.24, 2.45) is 52.3 Å². The molecule has 3 unspecified atom stereocenters. The number of ether oxygens (including phenoxy) is 1. The van der Waals surface area contributed by atoms with Crippen molar-refractivity contribution in [3.05, 3.63) is 23.8 Å². The van der Waals surface area contributed by atoms with Crippen LogP contribution in [0.4, 0.5) is 11.4 Å². The first-order chi connectivity index (χ1) is 17.7. The molecule has 3 nitrogen and oxygen atoms in total. The second-order valence-corrected chi connectivity index (χ2v) is 14.7. The third-order valence-electron chi connectivity index (χ3n) is 12.4. The summed E-state index contributed by atoms with van der Waals surface area (Å²) in [5.41, 5.74) is 15.6. The molecule has 37 heavy (non-hydrogen) atoms. The summed E-state index contributed by atoms with van der Waals surface area (Å²) in [6, 6.07) is 5.73. The van der Waals surface area contributed by atoms with Gasteiger partial charge in [0.1, 0.15) is 0 Å². The van der Waals surface area contributed by atoms with Crippen LogP contribution >= 0.6 is 0 Å². The second-order valence-electron chi connectivity index (χ2n) is 14.7. The van der Waals surface area contributed by atoms with Gasteiger partial charge < -0.3 is 16.2 Å². The molecule has 4 aliphatic carbocycles. The first-order valence-electron chi connectivity index (χ1n) is 15.9. The summed E-state index contributed by atoms with van der Waals surface area (Å²) in [5, 5.41) is 0. The van der Waals surface area contributed by atoms with E-state index in [1.165, 1.54) is 77.0 Å². The van der Waals surface area contributed by atoms with Crippen LogP contribution in [0.1, 0.15) is 117 Å². The number of fused-ring (bicyclic) bond motifs is 5. The zero-order valence-corrected chi connectivity index (χ0v) is 24.4. The van der Waals surface area contributed by atoms with Gasteiger partial charge in [0, 0.05) is 18.0 Å². The van der Waals surface area contributed by atoms with Crippen molar-refractivity contribution in [3.8, 4) is 0 Å². The van der Waals surface area contributed by atoms with Gasteiger partial charge >= 0.3 is 0 Å². The smallest absolute Gasteiger partial charge is 0.0718 e. The predicted molar refractivity (Wildman–Crippen MR) is 157 cm³/mol. The lowest BCUT2D eigenvalue weighted by molar-refractivity contribution is -0.114. The van der Waals surface area contributed by atoms with E-state index in [2.05, 4.69) is 27.7 Å². The lowest BCUT2D eigenvalue weighted by Crippen LogP contribution is -2.53. The Morgan fingerprint density at radius 1 is 0.838 bits per heavy atom. The molecule has 4 saturated carbocycles. The number of nitrogens with two attached hydrogens (primary N) is 2. The highest BCUT2D eigenvalue weighted by Crippen LogP contribution is 2.68. The minimum atomic E-state index is 0.597. The van der Waals surface area contributed by atoms with E-state index in [4.69, 9.17) is 16.2 Å². The maximum absolute atomic E-state index is 6.02. The Morgan fingerprint density at radius 2 is 1.59 bits per heavy atom. The first-order valence-corrected chi connectivity index (χ1v) is 15.9. The molecule has 0 spiro atoms. The number of hydrogen-bond donors (Lipinski definition) is 2. The summed E-state index contributed by atoms with van der Waals surface area (Å²) in [4.78, 5) is 0. The van der Waals surface area contributed by atoms with Crippen LogP contribution in [0.15, 0.2) is 18.2 Å². The lowest BCUT2D eigenvalue weighted by Gasteiger charge is -2.61. The molecule has 0 aliphatic heterocycles. The Labute approximate surface area is 227 Å².